The molecule has 2 amide bonds. The third-order valence-electron chi connectivity index (χ3n) is 2.88. The van der Waals surface area contributed by atoms with Gasteiger partial charge in [0.15, 0.2) is 6.79 Å². The van der Waals surface area contributed by atoms with Crippen molar-refractivity contribution >= 4 is 23.6 Å². The van der Waals surface area contributed by atoms with Gasteiger partial charge in [-0.25, -0.2) is 4.79 Å². The zero-order chi connectivity index (χ0) is 16.5. The lowest BCUT2D eigenvalue weighted by Gasteiger charge is -2.10. The average Bonchev–Trinajstić information content (AvgIpc) is 2.58. The zero-order valence-electron chi connectivity index (χ0n) is 12.5. The predicted octanol–water partition coefficient (Wildman–Crippen LogP) is 3.52. The molecular formula is C16H17ClN2O4. The lowest BCUT2D eigenvalue weighted by molar-refractivity contribution is 0.0511. The Morgan fingerprint density at radius 1 is 1.13 bits per heavy atom. The second-order valence-electron chi connectivity index (χ2n) is 4.61. The van der Waals surface area contributed by atoms with Gasteiger partial charge in [0.05, 0.1) is 0 Å². The molecule has 0 aliphatic heterocycles. The van der Waals surface area contributed by atoms with E-state index < -0.39 is 0 Å². The fourth-order valence-electron chi connectivity index (χ4n) is 1.85. The molecule has 0 aromatic heterocycles. The van der Waals surface area contributed by atoms with Gasteiger partial charge in [-0.2, -0.15) is 0 Å². The summed E-state index contributed by atoms with van der Waals surface area (Å²) >= 11 is 5.28. The summed E-state index contributed by atoms with van der Waals surface area (Å²) in [5, 5.41) is 5.45. The van der Waals surface area contributed by atoms with E-state index in [9.17, 15) is 4.79 Å². The van der Waals surface area contributed by atoms with Crippen molar-refractivity contribution < 1.29 is 18.6 Å². The number of amides is 2. The van der Waals surface area contributed by atoms with E-state index in [2.05, 4.69) is 14.9 Å². The molecule has 0 spiro atoms. The van der Waals surface area contributed by atoms with Crippen LogP contribution in [-0.4, -0.2) is 19.9 Å². The molecule has 0 fully saturated rings. The highest BCUT2D eigenvalue weighted by Gasteiger charge is 2.04. The largest absolute Gasteiger partial charge is 0.468 e. The minimum Gasteiger partial charge on any atom is -0.468 e. The zero-order valence-corrected chi connectivity index (χ0v) is 13.3. The molecule has 0 aliphatic carbocycles. The summed E-state index contributed by atoms with van der Waals surface area (Å²) in [5.41, 5.74) is 1.49. The topological polar surface area (TPSA) is 68.8 Å². The van der Waals surface area contributed by atoms with Crippen LogP contribution in [0.25, 0.3) is 0 Å². The van der Waals surface area contributed by atoms with Crippen molar-refractivity contribution in [3.63, 3.8) is 0 Å². The second kappa shape index (κ2) is 8.87. The smallest absolute Gasteiger partial charge is 0.319 e. The maximum atomic E-state index is 11.9. The Morgan fingerprint density at radius 3 is 2.70 bits per heavy atom. The molecular weight excluding hydrogens is 320 g/mol. The van der Waals surface area contributed by atoms with E-state index in [1.54, 1.807) is 31.4 Å². The van der Waals surface area contributed by atoms with E-state index in [4.69, 9.17) is 21.3 Å². The fourth-order valence-corrected chi connectivity index (χ4v) is 1.95. The van der Waals surface area contributed by atoms with Gasteiger partial charge in [-0.3, -0.25) is 0 Å². The normalized spacial score (nSPS) is 10.0. The van der Waals surface area contributed by atoms with Crippen molar-refractivity contribution in [3.05, 3.63) is 54.1 Å². The van der Waals surface area contributed by atoms with Crippen LogP contribution in [0.4, 0.5) is 10.5 Å². The van der Waals surface area contributed by atoms with Crippen LogP contribution >= 0.6 is 11.9 Å². The van der Waals surface area contributed by atoms with Crippen molar-refractivity contribution in [3.8, 4) is 11.5 Å². The first-order chi connectivity index (χ1) is 11.2. The van der Waals surface area contributed by atoms with E-state index in [1.807, 2.05) is 24.3 Å². The molecule has 2 rings (SSSR count). The molecule has 23 heavy (non-hydrogen) atoms. The van der Waals surface area contributed by atoms with Crippen molar-refractivity contribution in [2.75, 3.05) is 19.2 Å². The molecule has 0 aliphatic rings. The van der Waals surface area contributed by atoms with Gasteiger partial charge in [-0.15, -0.1) is 0 Å². The number of carbonyl (C=O) groups is 1. The molecule has 0 saturated heterocycles. The van der Waals surface area contributed by atoms with Crippen LogP contribution < -0.4 is 19.7 Å². The van der Waals surface area contributed by atoms with E-state index >= 15 is 0 Å². The Bertz CT molecular complexity index is 651. The van der Waals surface area contributed by atoms with Crippen molar-refractivity contribution in [1.29, 1.82) is 0 Å². The molecule has 6 nitrogen and oxygen atoms in total. The number of carbonyl (C=O) groups excluding carboxylic acids is 1. The number of halogens is 1. The van der Waals surface area contributed by atoms with E-state index in [-0.39, 0.29) is 12.8 Å². The Kier molecular flexibility index (Phi) is 6.53. The van der Waals surface area contributed by atoms with E-state index in [0.29, 0.717) is 23.7 Å². The predicted molar refractivity (Wildman–Crippen MR) is 87.7 cm³/mol. The summed E-state index contributed by atoms with van der Waals surface area (Å²) in [4.78, 5) is 11.9. The molecule has 122 valence electrons. The first-order valence-electron chi connectivity index (χ1n) is 6.85. The molecule has 7 heteroatoms. The minimum absolute atomic E-state index is 0.177. The number of ether oxygens (including phenoxy) is 2. The fraction of sp³-hybridized carbons (Fsp3) is 0.188. The van der Waals surface area contributed by atoms with Crippen LogP contribution in [-0.2, 0) is 11.3 Å². The summed E-state index contributed by atoms with van der Waals surface area (Å²) in [6.45, 7) is 0.540. The standard InChI is InChI=1S/C16H17ClN2O4/c1-21-11-22-14-6-2-4-12(8-14)10-18-16(20)19-13-5-3-7-15(9-13)23-17/h2-9H,10-11H2,1H3,(H2,18,19,20). The minimum atomic E-state index is -0.333. The molecule has 0 saturated carbocycles. The van der Waals surface area contributed by atoms with Crippen LogP contribution in [0.15, 0.2) is 48.5 Å². The molecule has 0 heterocycles. The maximum absolute atomic E-state index is 11.9. The highest BCUT2D eigenvalue weighted by Crippen LogP contribution is 2.18. The third kappa shape index (κ3) is 5.69. The summed E-state index contributed by atoms with van der Waals surface area (Å²) in [6, 6.07) is 13.8. The molecule has 0 atom stereocenters. The van der Waals surface area contributed by atoms with E-state index in [0.717, 1.165) is 5.56 Å². The van der Waals surface area contributed by atoms with Crippen molar-refractivity contribution in [2.45, 2.75) is 6.54 Å². The second-order valence-corrected chi connectivity index (χ2v) is 4.77. The van der Waals surface area contributed by atoms with Gasteiger partial charge in [0.2, 0.25) is 0 Å². The monoisotopic (exact) mass is 336 g/mol. The lowest BCUT2D eigenvalue weighted by Crippen LogP contribution is -2.28. The quantitative estimate of drug-likeness (QED) is 0.759. The van der Waals surface area contributed by atoms with Crippen LogP contribution in [0.5, 0.6) is 11.5 Å². The number of urea groups is 1. The molecule has 2 aromatic carbocycles. The van der Waals surface area contributed by atoms with Gasteiger partial charge in [-0.1, -0.05) is 18.2 Å². The number of anilines is 1. The maximum Gasteiger partial charge on any atom is 0.319 e. The number of nitrogens with one attached hydrogen (secondary N) is 2. The number of rotatable bonds is 7. The first-order valence-corrected chi connectivity index (χ1v) is 7.16. The van der Waals surface area contributed by atoms with Crippen molar-refractivity contribution in [2.24, 2.45) is 0 Å². The third-order valence-corrected chi connectivity index (χ3v) is 3.05. The van der Waals surface area contributed by atoms with E-state index in [1.165, 1.54) is 0 Å². The van der Waals surface area contributed by atoms with Gasteiger partial charge in [-0.05, 0) is 29.8 Å². The first kappa shape index (κ1) is 16.9. The lowest BCUT2D eigenvalue weighted by atomic mass is 10.2. The van der Waals surface area contributed by atoms with Crippen LogP contribution in [0.3, 0.4) is 0 Å². The summed E-state index contributed by atoms with van der Waals surface area (Å²) in [7, 11) is 1.56. The van der Waals surface area contributed by atoms with Crippen LogP contribution in [0.1, 0.15) is 5.56 Å². The summed E-state index contributed by atoms with van der Waals surface area (Å²) in [6.07, 6.45) is 0. The average molecular weight is 337 g/mol. The van der Waals surface area contributed by atoms with Gasteiger partial charge in [0, 0.05) is 25.4 Å². The summed E-state index contributed by atoms with van der Waals surface area (Å²) < 4.78 is 14.8. The SMILES string of the molecule is COCOc1cccc(CNC(=O)Nc2cccc(OCl)c2)c1. The number of benzene rings is 2. The molecule has 0 unspecified atom stereocenters. The number of hydrogen-bond donors (Lipinski definition) is 2. The number of methoxy groups -OCH3 is 1. The summed E-state index contributed by atoms with van der Waals surface area (Å²) in [5.74, 6) is 1.13. The van der Waals surface area contributed by atoms with Gasteiger partial charge >= 0.3 is 6.03 Å². The Hall–Kier alpha value is -2.44. The highest BCUT2D eigenvalue weighted by molar-refractivity contribution is 6.09. The number of hydrogen-bond acceptors (Lipinski definition) is 4. The molecule has 0 bridgehead atoms. The Morgan fingerprint density at radius 2 is 1.91 bits per heavy atom. The van der Waals surface area contributed by atoms with Gasteiger partial charge in [0.1, 0.15) is 23.4 Å². The van der Waals surface area contributed by atoms with Crippen LogP contribution in [0.2, 0.25) is 0 Å². The molecule has 2 N–H and O–H groups in total. The Balaban J connectivity index is 1.86. The highest BCUT2D eigenvalue weighted by atomic mass is 35.5. The van der Waals surface area contributed by atoms with Gasteiger partial charge < -0.3 is 24.4 Å². The molecule has 2 aromatic rings. The Labute approximate surface area is 139 Å². The van der Waals surface area contributed by atoms with Crippen LogP contribution in [0, 0.1) is 0 Å². The van der Waals surface area contributed by atoms with Crippen molar-refractivity contribution in [1.82, 2.24) is 5.32 Å². The van der Waals surface area contributed by atoms with Gasteiger partial charge in [0.25, 0.3) is 0 Å². The molecule has 0 radical (unpaired) electrons.